The van der Waals surface area contributed by atoms with E-state index in [4.69, 9.17) is 9.36 Å². The SMILES string of the molecule is O=S1(c2ccccc2)=NC(c2ccc(-n3c4ccccc4c4c5ccccc5c5c6ccccc6sc5c43)cc2)=Nc2ccccc21. The number of nitrogens with zero attached hydrogens (tertiary/aromatic N) is 3. The van der Waals surface area contributed by atoms with Crippen molar-refractivity contribution in [1.29, 1.82) is 0 Å². The Hall–Kier alpha value is -5.56. The van der Waals surface area contributed by atoms with E-state index in [2.05, 4.69) is 102 Å². The van der Waals surface area contributed by atoms with Crippen LogP contribution in [0.3, 0.4) is 0 Å². The van der Waals surface area contributed by atoms with Crippen LogP contribution in [0.2, 0.25) is 0 Å². The second kappa shape index (κ2) is 9.97. The lowest BCUT2D eigenvalue weighted by Crippen LogP contribution is -2.11. The lowest BCUT2D eigenvalue weighted by molar-refractivity contribution is 0.676. The molecule has 1 atom stereocenters. The molecule has 0 aliphatic carbocycles. The highest BCUT2D eigenvalue weighted by molar-refractivity contribution is 7.94. The largest absolute Gasteiger partial charge is 0.308 e. The number of para-hydroxylation sites is 2. The third-order valence-corrected chi connectivity index (χ3v) is 12.7. The minimum Gasteiger partial charge on any atom is -0.308 e. The van der Waals surface area contributed by atoms with E-state index in [9.17, 15) is 4.21 Å². The van der Waals surface area contributed by atoms with Gasteiger partial charge in [0.2, 0.25) is 0 Å². The molecule has 0 bridgehead atoms. The normalized spacial score (nSPS) is 16.1. The van der Waals surface area contributed by atoms with Gasteiger partial charge in [-0.1, -0.05) is 91.0 Å². The van der Waals surface area contributed by atoms with Gasteiger partial charge in [0.05, 0.1) is 31.2 Å². The molecule has 1 unspecified atom stereocenters. The van der Waals surface area contributed by atoms with E-state index in [1.54, 1.807) is 0 Å². The third-order valence-electron chi connectivity index (χ3n) is 9.20. The molecule has 0 amide bonds. The smallest absolute Gasteiger partial charge is 0.170 e. The lowest BCUT2D eigenvalue weighted by atomic mass is 9.99. The van der Waals surface area contributed by atoms with Gasteiger partial charge in [-0.15, -0.1) is 11.3 Å². The second-order valence-corrected chi connectivity index (χ2v) is 15.0. The minimum absolute atomic E-state index is 0.476. The van der Waals surface area contributed by atoms with Gasteiger partial charge in [0.25, 0.3) is 0 Å². The summed E-state index contributed by atoms with van der Waals surface area (Å²) in [7, 11) is -2.90. The molecule has 4 nitrogen and oxygen atoms in total. The number of rotatable bonds is 3. The molecule has 222 valence electrons. The predicted octanol–water partition coefficient (Wildman–Crippen LogP) is 11.3. The van der Waals surface area contributed by atoms with E-state index in [-0.39, 0.29) is 0 Å². The van der Waals surface area contributed by atoms with Crippen molar-refractivity contribution in [2.75, 3.05) is 0 Å². The van der Waals surface area contributed by atoms with Gasteiger partial charge in [-0.25, -0.2) is 9.20 Å². The van der Waals surface area contributed by atoms with Gasteiger partial charge in [-0.05, 0) is 71.4 Å². The molecular weight excluding hydrogens is 615 g/mol. The first-order valence-corrected chi connectivity index (χ1v) is 17.9. The molecule has 0 saturated carbocycles. The van der Waals surface area contributed by atoms with Crippen molar-refractivity contribution >= 4 is 85.3 Å². The van der Waals surface area contributed by atoms with Crippen LogP contribution in [-0.2, 0) is 9.73 Å². The van der Waals surface area contributed by atoms with Crippen molar-refractivity contribution in [2.45, 2.75) is 9.79 Å². The Morgan fingerprint density at radius 3 is 2.02 bits per heavy atom. The molecule has 0 saturated heterocycles. The Morgan fingerprint density at radius 1 is 0.574 bits per heavy atom. The number of aromatic nitrogens is 1. The first-order chi connectivity index (χ1) is 23.2. The van der Waals surface area contributed by atoms with Crippen molar-refractivity contribution in [1.82, 2.24) is 4.57 Å². The van der Waals surface area contributed by atoms with Gasteiger partial charge >= 0.3 is 0 Å². The van der Waals surface area contributed by atoms with E-state index in [0.717, 1.165) is 16.8 Å². The van der Waals surface area contributed by atoms with Crippen LogP contribution in [0.1, 0.15) is 5.56 Å². The topological polar surface area (TPSA) is 46.7 Å². The Balaban J connectivity index is 1.23. The van der Waals surface area contributed by atoms with Crippen molar-refractivity contribution < 1.29 is 4.21 Å². The van der Waals surface area contributed by atoms with Gasteiger partial charge < -0.3 is 4.57 Å². The quantitative estimate of drug-likeness (QED) is 0.190. The average molecular weight is 640 g/mol. The Bertz CT molecular complexity index is 2890. The second-order valence-electron chi connectivity index (χ2n) is 11.8. The molecule has 3 heterocycles. The Labute approximate surface area is 275 Å². The molecule has 0 N–H and O–H groups in total. The van der Waals surface area contributed by atoms with Crippen molar-refractivity contribution in [2.24, 2.45) is 9.36 Å². The van der Waals surface area contributed by atoms with Crippen LogP contribution >= 0.6 is 11.3 Å². The first kappa shape index (κ1) is 26.6. The average Bonchev–Trinajstić information content (AvgIpc) is 3.69. The highest BCUT2D eigenvalue weighted by Gasteiger charge is 2.26. The van der Waals surface area contributed by atoms with Crippen LogP contribution < -0.4 is 0 Å². The van der Waals surface area contributed by atoms with Gasteiger partial charge in [0.1, 0.15) is 9.73 Å². The van der Waals surface area contributed by atoms with Crippen molar-refractivity contribution in [3.05, 3.63) is 157 Å². The van der Waals surface area contributed by atoms with Crippen LogP contribution in [-0.4, -0.2) is 14.6 Å². The van der Waals surface area contributed by atoms with Crippen LogP contribution in [0.15, 0.2) is 171 Å². The fourth-order valence-electron chi connectivity index (χ4n) is 7.14. The molecule has 1 aliphatic rings. The Morgan fingerprint density at radius 2 is 1.21 bits per heavy atom. The maximum absolute atomic E-state index is 14.6. The van der Waals surface area contributed by atoms with Crippen LogP contribution in [0.25, 0.3) is 58.4 Å². The van der Waals surface area contributed by atoms with Gasteiger partial charge in [0, 0.05) is 37.5 Å². The maximum atomic E-state index is 14.6. The fourth-order valence-corrected chi connectivity index (χ4v) is 10.4. The molecule has 9 aromatic rings. The molecule has 0 radical (unpaired) electrons. The zero-order chi connectivity index (χ0) is 31.1. The summed E-state index contributed by atoms with van der Waals surface area (Å²) in [5.41, 5.74) is 4.94. The lowest BCUT2D eigenvalue weighted by Gasteiger charge is -2.18. The van der Waals surface area contributed by atoms with Crippen LogP contribution in [0.4, 0.5) is 5.69 Å². The number of hydrogen-bond donors (Lipinski definition) is 0. The van der Waals surface area contributed by atoms with Crippen LogP contribution in [0.5, 0.6) is 0 Å². The number of benzene rings is 7. The molecule has 47 heavy (non-hydrogen) atoms. The molecule has 10 rings (SSSR count). The molecular formula is C41H25N3OS2. The highest BCUT2D eigenvalue weighted by Crippen LogP contribution is 2.47. The molecule has 1 aliphatic heterocycles. The zero-order valence-electron chi connectivity index (χ0n) is 25.0. The zero-order valence-corrected chi connectivity index (χ0v) is 26.6. The van der Waals surface area contributed by atoms with E-state index in [1.807, 2.05) is 65.9 Å². The van der Waals surface area contributed by atoms with Gasteiger partial charge in [-0.3, -0.25) is 0 Å². The maximum Gasteiger partial charge on any atom is 0.170 e. The number of amidine groups is 1. The standard InChI is InChI=1S/C41H25N3OS2/c45-47(28-12-2-1-3-13-28)36-21-11-8-18-33(36)42-41(43-47)26-22-24-27(25-23-26)44-34-19-9-6-16-31(34)37-29-14-4-5-15-30(29)38-32-17-7-10-20-35(32)46-40(38)39(37)44/h1-25H. The molecule has 0 fully saturated rings. The van der Waals surface area contributed by atoms with Crippen molar-refractivity contribution in [3.63, 3.8) is 0 Å². The predicted molar refractivity (Wildman–Crippen MR) is 197 cm³/mol. The molecule has 7 aromatic carbocycles. The van der Waals surface area contributed by atoms with E-state index in [1.165, 1.54) is 47.2 Å². The summed E-state index contributed by atoms with van der Waals surface area (Å²) in [5, 5.41) is 7.63. The number of fused-ring (bicyclic) bond motifs is 11. The third kappa shape index (κ3) is 3.80. The van der Waals surface area contributed by atoms with E-state index in [0.29, 0.717) is 21.3 Å². The summed E-state index contributed by atoms with van der Waals surface area (Å²) in [5.74, 6) is 0.476. The van der Waals surface area contributed by atoms with Crippen molar-refractivity contribution in [3.8, 4) is 5.69 Å². The molecule has 0 spiro atoms. The fraction of sp³-hybridized carbons (Fsp3) is 0. The summed E-state index contributed by atoms with van der Waals surface area (Å²) in [6.45, 7) is 0. The summed E-state index contributed by atoms with van der Waals surface area (Å²) < 4.78 is 24.4. The number of hydrogen-bond acceptors (Lipinski definition) is 4. The van der Waals surface area contributed by atoms with Crippen LogP contribution in [0, 0.1) is 0 Å². The summed E-state index contributed by atoms with van der Waals surface area (Å²) in [6.07, 6.45) is 0. The van der Waals surface area contributed by atoms with E-state index >= 15 is 0 Å². The number of aliphatic imine (C=N–C) groups is 1. The Kier molecular flexibility index (Phi) is 5.65. The van der Waals surface area contributed by atoms with Gasteiger partial charge in [-0.2, -0.15) is 4.36 Å². The summed E-state index contributed by atoms with van der Waals surface area (Å²) in [6, 6.07) is 51.7. The monoisotopic (exact) mass is 639 g/mol. The summed E-state index contributed by atoms with van der Waals surface area (Å²) in [4.78, 5) is 6.23. The number of thiophene rings is 1. The van der Waals surface area contributed by atoms with Gasteiger partial charge in [0.15, 0.2) is 5.84 Å². The molecule has 2 aromatic heterocycles. The highest BCUT2D eigenvalue weighted by atomic mass is 32.2. The molecule has 6 heteroatoms. The van der Waals surface area contributed by atoms with E-state index < -0.39 is 9.73 Å². The summed E-state index contributed by atoms with van der Waals surface area (Å²) >= 11 is 1.86. The minimum atomic E-state index is -2.90. The first-order valence-electron chi connectivity index (χ1n) is 15.5.